The molecule has 11 heteroatoms. The summed E-state index contributed by atoms with van der Waals surface area (Å²) in [5.41, 5.74) is 1.36. The number of hydrogen-bond acceptors (Lipinski definition) is 7. The van der Waals surface area contributed by atoms with Crippen LogP contribution < -0.4 is 20.5 Å². The SMILES string of the molecule is CC(=O)NCCCC(=O)OCn1c(=O)ccc2ccc(OCCCCN3CCN(c4cccc(Cl)c4Cl)CC3)cc21. The second kappa shape index (κ2) is 15.1. The highest BCUT2D eigenvalue weighted by Gasteiger charge is 2.19. The van der Waals surface area contributed by atoms with Gasteiger partial charge in [-0.1, -0.05) is 29.3 Å². The van der Waals surface area contributed by atoms with E-state index in [1.807, 2.05) is 30.3 Å². The minimum absolute atomic E-state index is 0.145. The van der Waals surface area contributed by atoms with Crippen LogP contribution in [-0.4, -0.2) is 67.2 Å². The fourth-order valence-electron chi connectivity index (χ4n) is 4.77. The van der Waals surface area contributed by atoms with Gasteiger partial charge in [0.15, 0.2) is 6.73 Å². The summed E-state index contributed by atoms with van der Waals surface area (Å²) in [6.45, 7) is 6.93. The highest BCUT2D eigenvalue weighted by molar-refractivity contribution is 6.43. The molecular weight excluding hydrogens is 567 g/mol. The number of pyridine rings is 1. The molecule has 0 radical (unpaired) electrons. The molecule has 1 aromatic heterocycles. The third-order valence-corrected chi connectivity index (χ3v) is 7.84. The number of anilines is 1. The number of piperazine rings is 1. The quantitative estimate of drug-likeness (QED) is 0.224. The van der Waals surface area contributed by atoms with E-state index in [0.717, 1.165) is 56.6 Å². The molecule has 1 aliphatic heterocycles. The fraction of sp³-hybridized carbons (Fsp3) is 0.433. The predicted octanol–water partition coefficient (Wildman–Crippen LogP) is 4.71. The summed E-state index contributed by atoms with van der Waals surface area (Å²) < 4.78 is 12.7. The van der Waals surface area contributed by atoms with Crippen LogP contribution in [0.15, 0.2) is 53.3 Å². The molecule has 0 bridgehead atoms. The minimum atomic E-state index is -0.429. The van der Waals surface area contributed by atoms with Crippen molar-refractivity contribution in [1.82, 2.24) is 14.8 Å². The third-order valence-electron chi connectivity index (χ3n) is 7.03. The van der Waals surface area contributed by atoms with Gasteiger partial charge in [-0.05, 0) is 61.5 Å². The Balaban J connectivity index is 1.21. The number of hydrogen-bond donors (Lipinski definition) is 1. The maximum Gasteiger partial charge on any atom is 0.307 e. The number of unbranched alkanes of at least 4 members (excludes halogenated alkanes) is 1. The maximum atomic E-state index is 12.5. The van der Waals surface area contributed by atoms with Crippen molar-refractivity contribution in [2.45, 2.75) is 39.3 Å². The van der Waals surface area contributed by atoms with Gasteiger partial charge in [0.05, 0.1) is 27.9 Å². The molecule has 4 rings (SSSR count). The smallest absolute Gasteiger partial charge is 0.307 e. The van der Waals surface area contributed by atoms with E-state index in [1.54, 1.807) is 12.1 Å². The molecule has 1 N–H and O–H groups in total. The number of halogens is 2. The first-order chi connectivity index (χ1) is 19.8. The molecule has 0 atom stereocenters. The van der Waals surface area contributed by atoms with Gasteiger partial charge in [-0.3, -0.25) is 23.9 Å². The molecule has 1 saturated heterocycles. The Kier molecular flexibility index (Phi) is 11.3. The summed E-state index contributed by atoms with van der Waals surface area (Å²) in [5.74, 6) is 0.0839. The Labute approximate surface area is 249 Å². The standard InChI is InChI=1S/C30H36Cl2N4O5/c1-22(37)33-13-5-8-29(39)41-21-36-27-20-24(11-9-23(27)10-12-28(36)38)40-19-3-2-14-34-15-17-35(18-16-34)26-7-4-6-25(31)30(26)32/h4,6-7,9-12,20H,2-3,5,8,13-19,21H2,1H3,(H,33,37). The highest BCUT2D eigenvalue weighted by Crippen LogP contribution is 2.32. The summed E-state index contributed by atoms with van der Waals surface area (Å²) in [4.78, 5) is 40.3. The molecule has 1 amide bonds. The topological polar surface area (TPSA) is 93.1 Å². The van der Waals surface area contributed by atoms with Crippen molar-refractivity contribution < 1.29 is 19.1 Å². The van der Waals surface area contributed by atoms with E-state index in [0.29, 0.717) is 40.9 Å². The molecule has 0 unspecified atom stereocenters. The van der Waals surface area contributed by atoms with Crippen molar-refractivity contribution in [2.24, 2.45) is 0 Å². The monoisotopic (exact) mass is 602 g/mol. The van der Waals surface area contributed by atoms with Crippen LogP contribution >= 0.6 is 23.2 Å². The van der Waals surface area contributed by atoms with Crippen molar-refractivity contribution in [3.63, 3.8) is 0 Å². The first kappa shape index (κ1) is 30.7. The number of ether oxygens (including phenoxy) is 2. The van der Waals surface area contributed by atoms with Gasteiger partial charge in [0.2, 0.25) is 5.91 Å². The lowest BCUT2D eigenvalue weighted by molar-refractivity contribution is -0.147. The normalized spacial score (nSPS) is 13.8. The maximum absolute atomic E-state index is 12.5. The van der Waals surface area contributed by atoms with Gasteiger partial charge in [-0.25, -0.2) is 0 Å². The van der Waals surface area contributed by atoms with Crippen molar-refractivity contribution in [2.75, 3.05) is 50.8 Å². The van der Waals surface area contributed by atoms with Gasteiger partial charge in [0.1, 0.15) is 5.75 Å². The molecule has 2 heterocycles. The lowest BCUT2D eigenvalue weighted by atomic mass is 10.2. The molecule has 0 saturated carbocycles. The Hall–Kier alpha value is -3.27. The zero-order chi connectivity index (χ0) is 29.2. The Morgan fingerprint density at radius 2 is 1.76 bits per heavy atom. The van der Waals surface area contributed by atoms with Crippen molar-refractivity contribution in [3.05, 3.63) is 68.9 Å². The molecule has 0 aliphatic carbocycles. The number of nitrogens with zero attached hydrogens (tertiary/aromatic N) is 3. The van der Waals surface area contributed by atoms with Crippen molar-refractivity contribution >= 4 is 51.7 Å². The molecule has 1 fully saturated rings. The molecule has 41 heavy (non-hydrogen) atoms. The van der Waals surface area contributed by atoms with Crippen molar-refractivity contribution in [3.8, 4) is 5.75 Å². The molecular formula is C30H36Cl2N4O5. The highest BCUT2D eigenvalue weighted by atomic mass is 35.5. The van der Waals surface area contributed by atoms with Crippen LogP contribution in [0.1, 0.15) is 32.6 Å². The van der Waals surface area contributed by atoms with E-state index in [-0.39, 0.29) is 24.6 Å². The number of carbonyl (C=O) groups is 2. The summed E-state index contributed by atoms with van der Waals surface area (Å²) in [6, 6.07) is 14.5. The van der Waals surface area contributed by atoms with E-state index in [1.165, 1.54) is 17.6 Å². The van der Waals surface area contributed by atoms with Gasteiger partial charge in [0.25, 0.3) is 5.56 Å². The lowest BCUT2D eigenvalue weighted by Crippen LogP contribution is -2.46. The van der Waals surface area contributed by atoms with E-state index < -0.39 is 5.97 Å². The first-order valence-corrected chi connectivity index (χ1v) is 14.6. The average molecular weight is 604 g/mol. The molecule has 220 valence electrons. The van der Waals surface area contributed by atoms with Gasteiger partial charge < -0.3 is 19.7 Å². The first-order valence-electron chi connectivity index (χ1n) is 13.9. The molecule has 0 spiro atoms. The Morgan fingerprint density at radius 1 is 0.976 bits per heavy atom. The zero-order valence-corrected chi connectivity index (χ0v) is 24.8. The largest absolute Gasteiger partial charge is 0.494 e. The van der Waals surface area contributed by atoms with Crippen LogP contribution in [0.3, 0.4) is 0 Å². The van der Waals surface area contributed by atoms with Crippen molar-refractivity contribution in [1.29, 1.82) is 0 Å². The number of esters is 1. The minimum Gasteiger partial charge on any atom is -0.494 e. The Bertz CT molecular complexity index is 1410. The lowest BCUT2D eigenvalue weighted by Gasteiger charge is -2.36. The zero-order valence-electron chi connectivity index (χ0n) is 23.2. The summed E-state index contributed by atoms with van der Waals surface area (Å²) >= 11 is 12.6. The van der Waals surface area contributed by atoms with Gasteiger partial charge in [0, 0.05) is 58.2 Å². The van der Waals surface area contributed by atoms with E-state index in [2.05, 4.69) is 15.1 Å². The van der Waals surface area contributed by atoms with Crippen LogP contribution in [0.2, 0.25) is 10.0 Å². The number of benzene rings is 2. The van der Waals surface area contributed by atoms with Crippen LogP contribution in [-0.2, 0) is 21.1 Å². The van der Waals surface area contributed by atoms with Gasteiger partial charge in [-0.15, -0.1) is 0 Å². The van der Waals surface area contributed by atoms with Gasteiger partial charge >= 0.3 is 5.97 Å². The number of nitrogens with one attached hydrogen (secondary N) is 1. The Morgan fingerprint density at radius 3 is 2.54 bits per heavy atom. The van der Waals surface area contributed by atoms with Crippen LogP contribution in [0.4, 0.5) is 5.69 Å². The van der Waals surface area contributed by atoms with Gasteiger partial charge in [-0.2, -0.15) is 0 Å². The molecule has 1 aliphatic rings. The molecule has 9 nitrogen and oxygen atoms in total. The van der Waals surface area contributed by atoms with E-state index in [4.69, 9.17) is 32.7 Å². The van der Waals surface area contributed by atoms with Crippen LogP contribution in [0, 0.1) is 0 Å². The number of fused-ring (bicyclic) bond motifs is 1. The molecule has 3 aromatic rings. The summed E-state index contributed by atoms with van der Waals surface area (Å²) in [5, 5.41) is 4.68. The van der Waals surface area contributed by atoms with Crippen LogP contribution in [0.5, 0.6) is 5.75 Å². The predicted molar refractivity (Wildman–Crippen MR) is 162 cm³/mol. The number of rotatable bonds is 13. The summed E-state index contributed by atoms with van der Waals surface area (Å²) in [6.07, 6.45) is 2.53. The molecule has 2 aromatic carbocycles. The fourth-order valence-corrected chi connectivity index (χ4v) is 5.19. The number of carbonyl (C=O) groups excluding carboxylic acids is 2. The van der Waals surface area contributed by atoms with E-state index in [9.17, 15) is 14.4 Å². The number of amides is 1. The summed E-state index contributed by atoms with van der Waals surface area (Å²) in [7, 11) is 0. The second-order valence-electron chi connectivity index (χ2n) is 10.0. The van der Waals surface area contributed by atoms with E-state index >= 15 is 0 Å². The number of aromatic nitrogens is 1. The average Bonchev–Trinajstić information content (AvgIpc) is 2.96. The second-order valence-corrected chi connectivity index (χ2v) is 10.8. The van der Waals surface area contributed by atoms with Crippen LogP contribution in [0.25, 0.3) is 10.9 Å². The third kappa shape index (κ3) is 8.86.